The first kappa shape index (κ1) is 10.9. The summed E-state index contributed by atoms with van der Waals surface area (Å²) in [5.41, 5.74) is 1.45. The molecule has 0 aromatic heterocycles. The SMILES string of the molecule is CC1(C)C[C@@H](c2ccc(Br)cc2)SS1. The molecule has 0 saturated carbocycles. The Balaban J connectivity index is 2.14. The monoisotopic (exact) mass is 288 g/mol. The van der Waals surface area contributed by atoms with Crippen molar-refractivity contribution in [3.8, 4) is 0 Å². The lowest BCUT2D eigenvalue weighted by Crippen LogP contribution is -2.09. The Morgan fingerprint density at radius 1 is 1.29 bits per heavy atom. The molecule has 0 aliphatic carbocycles. The zero-order chi connectivity index (χ0) is 10.2. The largest absolute Gasteiger partial charge is 0.0872 e. The molecule has 1 fully saturated rings. The van der Waals surface area contributed by atoms with Crippen LogP contribution >= 0.6 is 37.5 Å². The second-order valence-electron chi connectivity index (χ2n) is 4.18. The van der Waals surface area contributed by atoms with Crippen molar-refractivity contribution in [1.29, 1.82) is 0 Å². The highest BCUT2D eigenvalue weighted by Crippen LogP contribution is 2.57. The minimum Gasteiger partial charge on any atom is -0.0872 e. The smallest absolute Gasteiger partial charge is 0.0414 e. The summed E-state index contributed by atoms with van der Waals surface area (Å²) >= 11 is 3.46. The van der Waals surface area contributed by atoms with Crippen molar-refractivity contribution in [2.24, 2.45) is 0 Å². The first-order valence-electron chi connectivity index (χ1n) is 4.67. The molecule has 2 rings (SSSR count). The summed E-state index contributed by atoms with van der Waals surface area (Å²) in [5, 5.41) is 0.670. The van der Waals surface area contributed by atoms with Crippen LogP contribution in [0.15, 0.2) is 28.7 Å². The maximum absolute atomic E-state index is 3.46. The van der Waals surface area contributed by atoms with E-state index in [0.717, 1.165) is 4.47 Å². The van der Waals surface area contributed by atoms with Crippen molar-refractivity contribution in [3.63, 3.8) is 0 Å². The summed E-state index contributed by atoms with van der Waals surface area (Å²) in [4.78, 5) is 0. The van der Waals surface area contributed by atoms with Crippen LogP contribution in [0.2, 0.25) is 0 Å². The van der Waals surface area contributed by atoms with E-state index in [0.29, 0.717) is 10.00 Å². The first-order valence-corrected chi connectivity index (χ1v) is 7.67. The lowest BCUT2D eigenvalue weighted by Gasteiger charge is -2.14. The van der Waals surface area contributed by atoms with Crippen molar-refractivity contribution >= 4 is 37.5 Å². The molecule has 1 aromatic rings. The van der Waals surface area contributed by atoms with Crippen molar-refractivity contribution < 1.29 is 0 Å². The summed E-state index contributed by atoms with van der Waals surface area (Å²) in [6.45, 7) is 4.65. The third-order valence-corrected chi connectivity index (χ3v) is 6.56. The molecule has 1 saturated heterocycles. The van der Waals surface area contributed by atoms with Gasteiger partial charge in [0.2, 0.25) is 0 Å². The van der Waals surface area contributed by atoms with Crippen LogP contribution < -0.4 is 0 Å². The van der Waals surface area contributed by atoms with Crippen molar-refractivity contribution in [2.75, 3.05) is 0 Å². The van der Waals surface area contributed by atoms with Gasteiger partial charge in [0.25, 0.3) is 0 Å². The fourth-order valence-electron chi connectivity index (χ4n) is 1.55. The summed E-state index contributed by atoms with van der Waals surface area (Å²) in [7, 11) is 4.02. The van der Waals surface area contributed by atoms with E-state index >= 15 is 0 Å². The molecule has 76 valence electrons. The topological polar surface area (TPSA) is 0 Å². The number of hydrogen-bond acceptors (Lipinski definition) is 2. The molecule has 1 aliphatic rings. The predicted molar refractivity (Wildman–Crippen MR) is 70.8 cm³/mol. The molecule has 0 radical (unpaired) electrons. The van der Waals surface area contributed by atoms with Gasteiger partial charge in [-0.15, -0.1) is 0 Å². The Morgan fingerprint density at radius 3 is 2.43 bits per heavy atom. The molecule has 3 heteroatoms. The molecular formula is C11H13BrS2. The van der Waals surface area contributed by atoms with Crippen LogP contribution in [0.5, 0.6) is 0 Å². The highest BCUT2D eigenvalue weighted by atomic mass is 79.9. The van der Waals surface area contributed by atoms with E-state index in [9.17, 15) is 0 Å². The zero-order valence-electron chi connectivity index (χ0n) is 8.29. The molecule has 14 heavy (non-hydrogen) atoms. The van der Waals surface area contributed by atoms with Gasteiger partial charge in [-0.1, -0.05) is 49.7 Å². The van der Waals surface area contributed by atoms with Crippen LogP contribution in [0.25, 0.3) is 0 Å². The molecule has 0 bridgehead atoms. The van der Waals surface area contributed by atoms with Gasteiger partial charge in [-0.05, 0) is 38.0 Å². The van der Waals surface area contributed by atoms with Gasteiger partial charge < -0.3 is 0 Å². The van der Waals surface area contributed by atoms with Gasteiger partial charge in [-0.2, -0.15) is 0 Å². The van der Waals surface area contributed by atoms with Gasteiger partial charge in [-0.25, -0.2) is 0 Å². The summed E-state index contributed by atoms with van der Waals surface area (Å²) in [6, 6.07) is 8.71. The number of halogens is 1. The van der Waals surface area contributed by atoms with Crippen molar-refractivity contribution in [2.45, 2.75) is 30.3 Å². The lowest BCUT2D eigenvalue weighted by atomic mass is 10.0. The average molecular weight is 289 g/mol. The molecule has 0 spiro atoms. The van der Waals surface area contributed by atoms with Crippen LogP contribution in [0, 0.1) is 0 Å². The zero-order valence-corrected chi connectivity index (χ0v) is 11.5. The van der Waals surface area contributed by atoms with Crippen LogP contribution in [0.1, 0.15) is 31.1 Å². The summed E-state index contributed by atoms with van der Waals surface area (Å²) < 4.78 is 1.60. The molecule has 1 aliphatic heterocycles. The van der Waals surface area contributed by atoms with Crippen molar-refractivity contribution in [3.05, 3.63) is 34.3 Å². The number of rotatable bonds is 1. The van der Waals surface area contributed by atoms with E-state index in [-0.39, 0.29) is 0 Å². The Morgan fingerprint density at radius 2 is 1.93 bits per heavy atom. The third kappa shape index (κ3) is 2.50. The second-order valence-corrected chi connectivity index (χ2v) is 8.21. The van der Waals surface area contributed by atoms with Gasteiger partial charge in [0.05, 0.1) is 0 Å². The minimum absolute atomic E-state index is 0.433. The van der Waals surface area contributed by atoms with Crippen LogP contribution in [0.4, 0.5) is 0 Å². The molecule has 0 unspecified atom stereocenters. The maximum atomic E-state index is 3.46. The average Bonchev–Trinajstić information content (AvgIpc) is 2.47. The van der Waals surface area contributed by atoms with Gasteiger partial charge >= 0.3 is 0 Å². The van der Waals surface area contributed by atoms with E-state index in [2.05, 4.69) is 54.0 Å². The first-order chi connectivity index (χ1) is 6.57. The quantitative estimate of drug-likeness (QED) is 0.663. The second kappa shape index (κ2) is 4.11. The molecule has 1 atom stereocenters. The molecule has 0 amide bonds. The Hall–Kier alpha value is 0.400. The van der Waals surface area contributed by atoms with Gasteiger partial charge in [0.15, 0.2) is 0 Å². The molecule has 0 nitrogen and oxygen atoms in total. The Kier molecular flexibility index (Phi) is 3.20. The van der Waals surface area contributed by atoms with Crippen LogP contribution in [-0.4, -0.2) is 4.75 Å². The molecule has 0 N–H and O–H groups in total. The van der Waals surface area contributed by atoms with E-state index in [1.807, 2.05) is 21.6 Å². The molecule has 1 heterocycles. The highest BCUT2D eigenvalue weighted by Gasteiger charge is 2.33. The van der Waals surface area contributed by atoms with Crippen molar-refractivity contribution in [1.82, 2.24) is 0 Å². The van der Waals surface area contributed by atoms with Gasteiger partial charge in [0, 0.05) is 14.5 Å². The number of hydrogen-bond donors (Lipinski definition) is 0. The minimum atomic E-state index is 0.433. The highest BCUT2D eigenvalue weighted by molar-refractivity contribution is 9.10. The van der Waals surface area contributed by atoms with E-state index < -0.39 is 0 Å². The fourth-order valence-corrected chi connectivity index (χ4v) is 5.16. The standard InChI is InChI=1S/C11H13BrS2/c1-11(2)7-10(13-14-11)8-3-5-9(12)6-4-8/h3-6,10H,7H2,1-2H3/t10-/m0/s1. The maximum Gasteiger partial charge on any atom is 0.0414 e. The lowest BCUT2D eigenvalue weighted by molar-refractivity contribution is 0.645. The van der Waals surface area contributed by atoms with Gasteiger partial charge in [0.1, 0.15) is 0 Å². The third-order valence-electron chi connectivity index (χ3n) is 2.31. The Bertz CT molecular complexity index is 319. The van der Waals surface area contributed by atoms with E-state index in [4.69, 9.17) is 0 Å². The van der Waals surface area contributed by atoms with E-state index in [1.54, 1.807) is 0 Å². The predicted octanol–water partition coefficient (Wildman–Crippen LogP) is 5.05. The summed E-state index contributed by atoms with van der Waals surface area (Å²) in [5.74, 6) is 0. The number of benzene rings is 1. The normalized spacial score (nSPS) is 25.2. The summed E-state index contributed by atoms with van der Waals surface area (Å²) in [6.07, 6.45) is 1.27. The van der Waals surface area contributed by atoms with Crippen LogP contribution in [0.3, 0.4) is 0 Å². The van der Waals surface area contributed by atoms with E-state index in [1.165, 1.54) is 12.0 Å². The van der Waals surface area contributed by atoms with Gasteiger partial charge in [-0.3, -0.25) is 0 Å². The van der Waals surface area contributed by atoms with Crippen LogP contribution in [-0.2, 0) is 0 Å². The molecular weight excluding hydrogens is 276 g/mol. The fraction of sp³-hybridized carbons (Fsp3) is 0.455. The Labute approximate surface area is 102 Å². The molecule has 1 aromatic carbocycles.